The minimum absolute atomic E-state index is 0.187. The molecule has 9 heteroatoms. The van der Waals surface area contributed by atoms with Gasteiger partial charge in [0.1, 0.15) is 11.6 Å². The molecule has 25 heavy (non-hydrogen) atoms. The summed E-state index contributed by atoms with van der Waals surface area (Å²) in [5.74, 6) is 1.59. The van der Waals surface area contributed by atoms with Crippen LogP contribution >= 0.6 is 11.8 Å². The Bertz CT molecular complexity index is 756. The van der Waals surface area contributed by atoms with Crippen LogP contribution in [0.1, 0.15) is 38.3 Å². The van der Waals surface area contributed by atoms with E-state index in [9.17, 15) is 9.59 Å². The average Bonchev–Trinajstić information content (AvgIpc) is 3.29. The van der Waals surface area contributed by atoms with Crippen LogP contribution in [0.15, 0.2) is 28.0 Å². The van der Waals surface area contributed by atoms with Crippen molar-refractivity contribution in [2.45, 2.75) is 43.6 Å². The Hall–Kier alpha value is -2.29. The highest BCUT2D eigenvalue weighted by atomic mass is 32.2. The van der Waals surface area contributed by atoms with Gasteiger partial charge in [-0.2, -0.15) is 0 Å². The highest BCUT2D eigenvalue weighted by molar-refractivity contribution is 8.00. The first-order chi connectivity index (χ1) is 12.0. The fraction of sp³-hybridized carbons (Fsp3) is 0.500. The van der Waals surface area contributed by atoms with Gasteiger partial charge < -0.3 is 9.73 Å². The molecule has 2 aromatic heterocycles. The van der Waals surface area contributed by atoms with Crippen LogP contribution < -0.4 is 5.32 Å². The third kappa shape index (κ3) is 3.71. The summed E-state index contributed by atoms with van der Waals surface area (Å²) in [6, 6.07) is 3.39. The van der Waals surface area contributed by atoms with E-state index in [1.165, 1.54) is 16.7 Å². The molecule has 1 saturated heterocycles. The van der Waals surface area contributed by atoms with E-state index in [0.717, 1.165) is 11.6 Å². The summed E-state index contributed by atoms with van der Waals surface area (Å²) in [5, 5.41) is 11.4. The van der Waals surface area contributed by atoms with Gasteiger partial charge in [0.25, 0.3) is 0 Å². The fourth-order valence-corrected chi connectivity index (χ4v) is 3.55. The number of urea groups is 1. The summed E-state index contributed by atoms with van der Waals surface area (Å²) in [7, 11) is 0. The van der Waals surface area contributed by atoms with Gasteiger partial charge in [-0.3, -0.25) is 14.3 Å². The Balaban J connectivity index is 1.79. The van der Waals surface area contributed by atoms with E-state index in [2.05, 4.69) is 15.5 Å². The van der Waals surface area contributed by atoms with Crippen LogP contribution in [0.25, 0.3) is 0 Å². The first kappa shape index (κ1) is 17.5. The number of thioether (sulfide) groups is 1. The normalized spacial score (nSPS) is 15.7. The minimum Gasteiger partial charge on any atom is -0.467 e. The third-order valence-electron chi connectivity index (χ3n) is 3.91. The monoisotopic (exact) mass is 363 g/mol. The fourth-order valence-electron chi connectivity index (χ4n) is 2.63. The van der Waals surface area contributed by atoms with Gasteiger partial charge in [-0.1, -0.05) is 25.6 Å². The largest absolute Gasteiger partial charge is 0.467 e. The second-order valence-corrected chi connectivity index (χ2v) is 7.45. The molecule has 0 saturated carbocycles. The van der Waals surface area contributed by atoms with E-state index in [1.807, 2.05) is 30.5 Å². The Morgan fingerprint density at radius 2 is 2.20 bits per heavy atom. The molecule has 8 nitrogen and oxygen atoms in total. The minimum atomic E-state index is -0.441. The third-order valence-corrected chi connectivity index (χ3v) is 4.98. The molecular weight excluding hydrogens is 342 g/mol. The van der Waals surface area contributed by atoms with Crippen LogP contribution in [0, 0.1) is 0 Å². The van der Waals surface area contributed by atoms with Crippen LogP contribution in [0.3, 0.4) is 0 Å². The van der Waals surface area contributed by atoms with Crippen molar-refractivity contribution in [3.05, 3.63) is 30.0 Å². The zero-order valence-electron chi connectivity index (χ0n) is 14.4. The van der Waals surface area contributed by atoms with E-state index in [0.29, 0.717) is 24.8 Å². The summed E-state index contributed by atoms with van der Waals surface area (Å²) in [4.78, 5) is 25.4. The molecule has 0 bridgehead atoms. The molecule has 0 unspecified atom stereocenters. The zero-order chi connectivity index (χ0) is 18.0. The predicted octanol–water partition coefficient (Wildman–Crippen LogP) is 2.08. The molecule has 0 aromatic carbocycles. The Morgan fingerprint density at radius 3 is 2.80 bits per heavy atom. The van der Waals surface area contributed by atoms with E-state index in [-0.39, 0.29) is 17.9 Å². The predicted molar refractivity (Wildman–Crippen MR) is 92.4 cm³/mol. The van der Waals surface area contributed by atoms with Crippen molar-refractivity contribution in [3.63, 3.8) is 0 Å². The van der Waals surface area contributed by atoms with Crippen molar-refractivity contribution >= 4 is 23.7 Å². The standard InChI is InChI=1S/C16H21N5O3S/c1-10(2)13-18-19-16(21(13)9-12-5-4-8-24-12)25-11(3)14(22)20-7-6-17-15(20)23/h4-5,8,10-11H,6-7,9H2,1-3H3,(H,17,23)/t11-/m0/s1. The van der Waals surface area contributed by atoms with E-state index in [1.54, 1.807) is 13.2 Å². The molecule has 1 fully saturated rings. The van der Waals surface area contributed by atoms with Gasteiger partial charge in [-0.05, 0) is 19.1 Å². The number of nitrogens with one attached hydrogen (secondary N) is 1. The van der Waals surface area contributed by atoms with Crippen molar-refractivity contribution in [2.24, 2.45) is 0 Å². The van der Waals surface area contributed by atoms with Crippen LogP contribution in [-0.2, 0) is 11.3 Å². The maximum Gasteiger partial charge on any atom is 0.324 e. The second kappa shape index (κ2) is 7.30. The van der Waals surface area contributed by atoms with Crippen molar-refractivity contribution < 1.29 is 14.0 Å². The van der Waals surface area contributed by atoms with Crippen molar-refractivity contribution in [3.8, 4) is 0 Å². The molecule has 1 aliphatic rings. The molecule has 3 rings (SSSR count). The average molecular weight is 363 g/mol. The quantitative estimate of drug-likeness (QED) is 0.790. The van der Waals surface area contributed by atoms with Crippen LogP contribution in [0.5, 0.6) is 0 Å². The lowest BCUT2D eigenvalue weighted by molar-refractivity contribution is -0.126. The molecule has 134 valence electrons. The highest BCUT2D eigenvalue weighted by Crippen LogP contribution is 2.27. The van der Waals surface area contributed by atoms with Crippen molar-refractivity contribution in [1.29, 1.82) is 0 Å². The molecule has 1 atom stereocenters. The molecule has 0 aliphatic carbocycles. The number of aromatic nitrogens is 3. The Kier molecular flexibility index (Phi) is 5.12. The Morgan fingerprint density at radius 1 is 1.40 bits per heavy atom. The zero-order valence-corrected chi connectivity index (χ0v) is 15.2. The lowest BCUT2D eigenvalue weighted by Gasteiger charge is -2.17. The second-order valence-electron chi connectivity index (χ2n) is 6.14. The maximum atomic E-state index is 12.5. The summed E-state index contributed by atoms with van der Waals surface area (Å²) in [5.41, 5.74) is 0. The summed E-state index contributed by atoms with van der Waals surface area (Å²) >= 11 is 1.30. The van der Waals surface area contributed by atoms with Crippen LogP contribution in [0.4, 0.5) is 4.79 Å². The molecule has 3 amide bonds. The number of amides is 3. The lowest BCUT2D eigenvalue weighted by Crippen LogP contribution is -2.39. The molecule has 0 spiro atoms. The molecule has 0 radical (unpaired) electrons. The lowest BCUT2D eigenvalue weighted by atomic mass is 10.2. The van der Waals surface area contributed by atoms with Gasteiger partial charge in [0.05, 0.1) is 18.1 Å². The van der Waals surface area contributed by atoms with E-state index in [4.69, 9.17) is 4.42 Å². The first-order valence-electron chi connectivity index (χ1n) is 8.18. The summed E-state index contributed by atoms with van der Waals surface area (Å²) in [6.07, 6.45) is 1.62. The highest BCUT2D eigenvalue weighted by Gasteiger charge is 2.31. The van der Waals surface area contributed by atoms with Gasteiger partial charge in [0, 0.05) is 19.0 Å². The molecule has 3 heterocycles. The van der Waals surface area contributed by atoms with E-state index >= 15 is 0 Å². The Labute approximate surface area is 150 Å². The molecular formula is C16H21N5O3S. The van der Waals surface area contributed by atoms with Crippen LogP contribution in [-0.4, -0.2) is 49.9 Å². The van der Waals surface area contributed by atoms with Gasteiger partial charge in [-0.15, -0.1) is 10.2 Å². The van der Waals surface area contributed by atoms with Gasteiger partial charge in [0.15, 0.2) is 5.16 Å². The summed E-state index contributed by atoms with van der Waals surface area (Å²) in [6.45, 7) is 7.26. The van der Waals surface area contributed by atoms with E-state index < -0.39 is 5.25 Å². The van der Waals surface area contributed by atoms with Crippen molar-refractivity contribution in [1.82, 2.24) is 25.0 Å². The first-order valence-corrected chi connectivity index (χ1v) is 9.06. The number of carbonyl (C=O) groups excluding carboxylic acids is 2. The summed E-state index contributed by atoms with van der Waals surface area (Å²) < 4.78 is 7.39. The maximum absolute atomic E-state index is 12.5. The number of hydrogen-bond acceptors (Lipinski definition) is 6. The SMILES string of the molecule is CC(C)c1nnc(S[C@@H](C)C(=O)N2CCNC2=O)n1Cc1ccco1. The van der Waals surface area contributed by atoms with Crippen molar-refractivity contribution in [2.75, 3.05) is 13.1 Å². The van der Waals surface area contributed by atoms with Gasteiger partial charge in [-0.25, -0.2) is 4.79 Å². The van der Waals surface area contributed by atoms with Crippen LogP contribution in [0.2, 0.25) is 0 Å². The molecule has 1 N–H and O–H groups in total. The number of carbonyl (C=O) groups is 2. The van der Waals surface area contributed by atoms with Gasteiger partial charge in [0.2, 0.25) is 5.91 Å². The molecule has 2 aromatic rings. The number of furan rings is 1. The topological polar surface area (TPSA) is 93.3 Å². The molecule has 1 aliphatic heterocycles. The number of hydrogen-bond donors (Lipinski definition) is 1. The number of nitrogens with zero attached hydrogens (tertiary/aromatic N) is 4. The smallest absolute Gasteiger partial charge is 0.324 e. The van der Waals surface area contributed by atoms with Gasteiger partial charge >= 0.3 is 6.03 Å². The number of rotatable bonds is 6. The number of imide groups is 1.